The second-order valence-corrected chi connectivity index (χ2v) is 4.95. The highest BCUT2D eigenvalue weighted by molar-refractivity contribution is 6.35. The molecule has 5 nitrogen and oxygen atoms in total. The van der Waals surface area contributed by atoms with E-state index in [-0.39, 0.29) is 0 Å². The summed E-state index contributed by atoms with van der Waals surface area (Å²) in [5, 5.41) is 0.683. The van der Waals surface area contributed by atoms with E-state index in [0.717, 1.165) is 37.0 Å². The number of rotatable bonds is 8. The zero-order valence-corrected chi connectivity index (χ0v) is 12.4. The third kappa shape index (κ3) is 3.62. The molecule has 0 radical (unpaired) electrons. The molecule has 0 bridgehead atoms. The highest BCUT2D eigenvalue weighted by Gasteiger charge is 2.10. The number of nitrogen functional groups attached to an aromatic ring is 1. The first-order valence-corrected chi connectivity index (χ1v) is 7.08. The Labute approximate surface area is 123 Å². The Kier molecular flexibility index (Phi) is 5.64. The van der Waals surface area contributed by atoms with E-state index in [1.807, 2.05) is 22.8 Å². The van der Waals surface area contributed by atoms with E-state index in [0.29, 0.717) is 24.2 Å². The number of benzene rings is 1. The lowest BCUT2D eigenvalue weighted by Gasteiger charge is -2.08. The summed E-state index contributed by atoms with van der Waals surface area (Å²) >= 11 is 6.22. The predicted octanol–water partition coefficient (Wildman–Crippen LogP) is 2.72. The Morgan fingerprint density at radius 3 is 2.90 bits per heavy atom. The lowest BCUT2D eigenvalue weighted by molar-refractivity contribution is 0.0684. The minimum absolute atomic E-state index is 0.508. The van der Waals surface area contributed by atoms with E-state index >= 15 is 0 Å². The average Bonchev–Trinajstić information content (AvgIpc) is 2.75. The first-order chi connectivity index (χ1) is 9.74. The van der Waals surface area contributed by atoms with Crippen LogP contribution in [0.2, 0.25) is 5.02 Å². The molecule has 0 spiro atoms. The van der Waals surface area contributed by atoms with Gasteiger partial charge >= 0.3 is 0 Å². The molecule has 0 saturated heterocycles. The summed E-state index contributed by atoms with van der Waals surface area (Å²) < 4.78 is 12.3. The number of hydrogen-bond donors (Lipinski definition) is 1. The van der Waals surface area contributed by atoms with Gasteiger partial charge in [-0.1, -0.05) is 17.7 Å². The number of ether oxygens (including phenoxy) is 2. The van der Waals surface area contributed by atoms with Crippen molar-refractivity contribution in [1.29, 1.82) is 0 Å². The lowest BCUT2D eigenvalue weighted by atomic mass is 10.3. The highest BCUT2D eigenvalue weighted by atomic mass is 35.5. The third-order valence-corrected chi connectivity index (χ3v) is 3.40. The summed E-state index contributed by atoms with van der Waals surface area (Å²) in [7, 11) is 1.67. The van der Waals surface area contributed by atoms with Gasteiger partial charge in [-0.15, -0.1) is 0 Å². The number of hydrogen-bond acceptors (Lipinski definition) is 4. The van der Waals surface area contributed by atoms with Gasteiger partial charge in [0.2, 0.25) is 5.95 Å². The third-order valence-electron chi connectivity index (χ3n) is 3.10. The van der Waals surface area contributed by atoms with Crippen LogP contribution in [0.3, 0.4) is 0 Å². The standard InChI is InChI=1S/C14H20ClN3O2/c1-19-9-10-20-8-3-2-7-18-13-11(15)5-4-6-12(13)17-14(18)16/h4-6H,2-3,7-10H2,1H3,(H2,16,17). The quantitative estimate of drug-likeness (QED) is 0.761. The molecule has 0 aliphatic carbocycles. The van der Waals surface area contributed by atoms with Crippen LogP contribution in [0.4, 0.5) is 5.95 Å². The van der Waals surface area contributed by atoms with Crippen LogP contribution < -0.4 is 5.73 Å². The molecule has 2 N–H and O–H groups in total. The van der Waals surface area contributed by atoms with Gasteiger partial charge in [-0.3, -0.25) is 0 Å². The van der Waals surface area contributed by atoms with Crippen molar-refractivity contribution in [1.82, 2.24) is 9.55 Å². The minimum Gasteiger partial charge on any atom is -0.382 e. The Morgan fingerprint density at radius 1 is 1.25 bits per heavy atom. The number of anilines is 1. The van der Waals surface area contributed by atoms with E-state index < -0.39 is 0 Å². The molecule has 0 saturated carbocycles. The number of halogens is 1. The van der Waals surface area contributed by atoms with E-state index in [1.165, 1.54) is 0 Å². The maximum atomic E-state index is 6.22. The Morgan fingerprint density at radius 2 is 2.10 bits per heavy atom. The first kappa shape index (κ1) is 15.1. The van der Waals surface area contributed by atoms with E-state index in [2.05, 4.69) is 4.98 Å². The molecule has 1 heterocycles. The largest absolute Gasteiger partial charge is 0.382 e. The lowest BCUT2D eigenvalue weighted by Crippen LogP contribution is -2.06. The van der Waals surface area contributed by atoms with Crippen molar-refractivity contribution in [3.05, 3.63) is 23.2 Å². The van der Waals surface area contributed by atoms with Crippen LogP contribution in [0.25, 0.3) is 11.0 Å². The molecular weight excluding hydrogens is 278 g/mol. The summed E-state index contributed by atoms with van der Waals surface area (Å²) in [6.07, 6.45) is 1.93. The summed E-state index contributed by atoms with van der Waals surface area (Å²) in [6, 6.07) is 5.66. The van der Waals surface area contributed by atoms with Crippen molar-refractivity contribution in [3.8, 4) is 0 Å². The normalized spacial score (nSPS) is 11.3. The van der Waals surface area contributed by atoms with Gasteiger partial charge in [0.1, 0.15) is 0 Å². The van der Waals surface area contributed by atoms with Crippen molar-refractivity contribution in [3.63, 3.8) is 0 Å². The molecule has 1 aromatic heterocycles. The molecule has 6 heteroatoms. The van der Waals surface area contributed by atoms with Crippen LogP contribution >= 0.6 is 11.6 Å². The number of fused-ring (bicyclic) bond motifs is 1. The van der Waals surface area contributed by atoms with Gasteiger partial charge in [-0.05, 0) is 25.0 Å². The number of imidazole rings is 1. The molecule has 20 heavy (non-hydrogen) atoms. The molecule has 0 unspecified atom stereocenters. The second-order valence-electron chi connectivity index (χ2n) is 4.54. The van der Waals surface area contributed by atoms with Gasteiger partial charge in [-0.2, -0.15) is 0 Å². The zero-order chi connectivity index (χ0) is 14.4. The van der Waals surface area contributed by atoms with Gasteiger partial charge in [0.15, 0.2) is 0 Å². The molecule has 110 valence electrons. The molecule has 0 aliphatic heterocycles. The van der Waals surface area contributed by atoms with Crippen LogP contribution in [-0.4, -0.2) is 36.5 Å². The van der Waals surface area contributed by atoms with E-state index in [4.69, 9.17) is 26.8 Å². The second kappa shape index (κ2) is 7.47. The number of aryl methyl sites for hydroxylation is 1. The number of nitrogens with zero attached hydrogens (tertiary/aromatic N) is 2. The van der Waals surface area contributed by atoms with Gasteiger partial charge in [0.25, 0.3) is 0 Å². The molecule has 0 amide bonds. The SMILES string of the molecule is COCCOCCCCn1c(N)nc2cccc(Cl)c21. The van der Waals surface area contributed by atoms with Crippen LogP contribution in [0.15, 0.2) is 18.2 Å². The van der Waals surface area contributed by atoms with Gasteiger partial charge in [-0.25, -0.2) is 4.98 Å². The first-order valence-electron chi connectivity index (χ1n) is 6.71. The van der Waals surface area contributed by atoms with Crippen molar-refractivity contribution < 1.29 is 9.47 Å². The van der Waals surface area contributed by atoms with Crippen LogP contribution in [-0.2, 0) is 16.0 Å². The molecule has 0 aliphatic rings. The Hall–Kier alpha value is -1.30. The maximum Gasteiger partial charge on any atom is 0.201 e. The van der Waals surface area contributed by atoms with Crippen LogP contribution in [0.1, 0.15) is 12.8 Å². The maximum absolute atomic E-state index is 6.22. The Bertz CT molecular complexity index is 557. The molecular formula is C14H20ClN3O2. The molecule has 2 rings (SSSR count). The van der Waals surface area contributed by atoms with E-state index in [9.17, 15) is 0 Å². The van der Waals surface area contributed by atoms with Gasteiger partial charge in [0.05, 0.1) is 29.3 Å². The Balaban J connectivity index is 1.88. The number of unbranched alkanes of at least 4 members (excludes halogenated alkanes) is 1. The summed E-state index contributed by atoms with van der Waals surface area (Å²) in [5.41, 5.74) is 7.70. The van der Waals surface area contributed by atoms with Crippen molar-refractivity contribution in [2.75, 3.05) is 32.7 Å². The van der Waals surface area contributed by atoms with Crippen molar-refractivity contribution in [2.24, 2.45) is 0 Å². The van der Waals surface area contributed by atoms with E-state index in [1.54, 1.807) is 7.11 Å². The predicted molar refractivity (Wildman–Crippen MR) is 81.1 cm³/mol. The van der Waals surface area contributed by atoms with Crippen molar-refractivity contribution in [2.45, 2.75) is 19.4 Å². The topological polar surface area (TPSA) is 62.3 Å². The molecule has 1 aromatic carbocycles. The zero-order valence-electron chi connectivity index (χ0n) is 11.6. The number of aromatic nitrogens is 2. The average molecular weight is 298 g/mol. The van der Waals surface area contributed by atoms with Crippen molar-refractivity contribution >= 4 is 28.6 Å². The fourth-order valence-electron chi connectivity index (χ4n) is 2.10. The molecule has 2 aromatic rings. The van der Waals surface area contributed by atoms with Crippen LogP contribution in [0.5, 0.6) is 0 Å². The summed E-state index contributed by atoms with van der Waals surface area (Å²) in [6.45, 7) is 2.79. The smallest absolute Gasteiger partial charge is 0.201 e. The van der Waals surface area contributed by atoms with Crippen LogP contribution in [0, 0.1) is 0 Å². The fourth-order valence-corrected chi connectivity index (χ4v) is 2.38. The highest BCUT2D eigenvalue weighted by Crippen LogP contribution is 2.25. The fraction of sp³-hybridized carbons (Fsp3) is 0.500. The number of nitrogens with two attached hydrogens (primary N) is 1. The number of para-hydroxylation sites is 1. The summed E-state index contributed by atoms with van der Waals surface area (Å²) in [5.74, 6) is 0.508. The monoisotopic (exact) mass is 297 g/mol. The number of methoxy groups -OCH3 is 1. The molecule has 0 atom stereocenters. The van der Waals surface area contributed by atoms with Gasteiger partial charge < -0.3 is 19.8 Å². The summed E-state index contributed by atoms with van der Waals surface area (Å²) in [4.78, 5) is 4.32. The molecule has 0 fully saturated rings. The van der Waals surface area contributed by atoms with Gasteiger partial charge in [0, 0.05) is 20.3 Å². The minimum atomic E-state index is 0.508.